The van der Waals surface area contributed by atoms with Gasteiger partial charge in [-0.15, -0.1) is 0 Å². The summed E-state index contributed by atoms with van der Waals surface area (Å²) in [7, 11) is 1.54. The molecule has 1 saturated heterocycles. The van der Waals surface area contributed by atoms with Crippen LogP contribution in [0.3, 0.4) is 0 Å². The summed E-state index contributed by atoms with van der Waals surface area (Å²) in [6.45, 7) is 2.21. The molecule has 0 atom stereocenters. The Bertz CT molecular complexity index is 1100. The number of piperazine rings is 1. The minimum absolute atomic E-state index is 0.131. The zero-order valence-electron chi connectivity index (χ0n) is 16.5. The summed E-state index contributed by atoms with van der Waals surface area (Å²) < 4.78 is 7.37. The first-order valence-corrected chi connectivity index (χ1v) is 9.90. The summed E-state index contributed by atoms with van der Waals surface area (Å²) in [6.07, 6.45) is 5.44. The molecule has 1 aliphatic rings. The summed E-state index contributed by atoms with van der Waals surface area (Å²) in [5, 5.41) is 9.78. The van der Waals surface area contributed by atoms with Crippen molar-refractivity contribution in [2.24, 2.45) is 0 Å². The molecule has 7 nitrogen and oxygen atoms in total. The van der Waals surface area contributed by atoms with Gasteiger partial charge in [-0.2, -0.15) is 5.26 Å². The van der Waals surface area contributed by atoms with Gasteiger partial charge in [0.2, 0.25) is 0 Å². The zero-order valence-corrected chi connectivity index (χ0v) is 17.2. The summed E-state index contributed by atoms with van der Waals surface area (Å²) in [6, 6.07) is 12.9. The number of amides is 1. The Labute approximate surface area is 179 Å². The number of rotatable bonds is 4. The van der Waals surface area contributed by atoms with Gasteiger partial charge in [0, 0.05) is 50.8 Å². The number of methoxy groups -OCH3 is 1. The maximum absolute atomic E-state index is 13.2. The predicted molar refractivity (Wildman–Crippen MR) is 114 cm³/mol. The molecular weight excluding hydrogens is 402 g/mol. The Morgan fingerprint density at radius 1 is 1.17 bits per heavy atom. The molecule has 0 spiro atoms. The van der Waals surface area contributed by atoms with Crippen LogP contribution in [0, 0.1) is 11.3 Å². The lowest BCUT2D eigenvalue weighted by atomic mass is 10.1. The quantitative estimate of drug-likeness (QED) is 0.645. The summed E-state index contributed by atoms with van der Waals surface area (Å²) in [5.41, 5.74) is 1.72. The summed E-state index contributed by atoms with van der Waals surface area (Å²) in [4.78, 5) is 21.3. The fourth-order valence-corrected chi connectivity index (χ4v) is 3.86. The van der Waals surface area contributed by atoms with E-state index < -0.39 is 0 Å². The molecule has 0 radical (unpaired) electrons. The molecule has 0 saturated carbocycles. The van der Waals surface area contributed by atoms with Crippen LogP contribution >= 0.6 is 11.6 Å². The molecule has 3 aromatic rings. The van der Waals surface area contributed by atoms with Gasteiger partial charge >= 0.3 is 0 Å². The minimum Gasteiger partial charge on any atom is -0.496 e. The second-order valence-corrected chi connectivity index (χ2v) is 7.27. The largest absolute Gasteiger partial charge is 0.496 e. The first-order valence-electron chi connectivity index (χ1n) is 9.52. The Morgan fingerprint density at radius 2 is 1.90 bits per heavy atom. The summed E-state index contributed by atoms with van der Waals surface area (Å²) >= 11 is 6.48. The maximum atomic E-state index is 13.2. The number of hydrogen-bond acceptors (Lipinski definition) is 5. The molecule has 152 valence electrons. The number of aromatic nitrogens is 2. The lowest BCUT2D eigenvalue weighted by Gasteiger charge is -2.36. The van der Waals surface area contributed by atoms with Crippen molar-refractivity contribution in [1.29, 1.82) is 5.26 Å². The van der Waals surface area contributed by atoms with Crippen LogP contribution in [0.5, 0.6) is 5.75 Å². The SMILES string of the molecule is COc1cc(-n2cccc2)c(Cl)cc1C(=O)N1CCN(c2ncccc2C#N)CC1. The van der Waals surface area contributed by atoms with Crippen LogP contribution in [0.4, 0.5) is 5.82 Å². The number of benzene rings is 1. The van der Waals surface area contributed by atoms with Crippen molar-refractivity contribution in [2.45, 2.75) is 0 Å². The number of halogens is 1. The van der Waals surface area contributed by atoms with E-state index in [1.165, 1.54) is 0 Å². The fraction of sp³-hybridized carbons (Fsp3) is 0.227. The van der Waals surface area contributed by atoms with E-state index in [1.54, 1.807) is 42.5 Å². The van der Waals surface area contributed by atoms with Gasteiger partial charge < -0.3 is 19.1 Å². The molecule has 1 amide bonds. The molecule has 0 aliphatic carbocycles. The molecule has 2 aromatic heterocycles. The highest BCUT2D eigenvalue weighted by Crippen LogP contribution is 2.31. The van der Waals surface area contributed by atoms with Crippen molar-refractivity contribution in [3.8, 4) is 17.5 Å². The van der Waals surface area contributed by atoms with Crippen LogP contribution in [0.2, 0.25) is 5.02 Å². The Balaban J connectivity index is 1.53. The van der Waals surface area contributed by atoms with Crippen molar-refractivity contribution in [3.05, 3.63) is 71.1 Å². The first-order chi connectivity index (χ1) is 14.6. The average Bonchev–Trinajstić information content (AvgIpc) is 3.33. The maximum Gasteiger partial charge on any atom is 0.257 e. The predicted octanol–water partition coefficient (Wildman–Crippen LogP) is 3.37. The number of nitriles is 1. The lowest BCUT2D eigenvalue weighted by molar-refractivity contribution is 0.0743. The van der Waals surface area contributed by atoms with E-state index in [0.29, 0.717) is 53.9 Å². The number of pyridine rings is 1. The molecule has 0 unspecified atom stereocenters. The number of anilines is 1. The van der Waals surface area contributed by atoms with Crippen molar-refractivity contribution < 1.29 is 9.53 Å². The molecule has 1 fully saturated rings. The topological polar surface area (TPSA) is 74.4 Å². The van der Waals surface area contributed by atoms with Crippen molar-refractivity contribution in [1.82, 2.24) is 14.5 Å². The number of nitrogens with zero attached hydrogens (tertiary/aromatic N) is 5. The van der Waals surface area contributed by atoms with Gasteiger partial charge in [0.25, 0.3) is 5.91 Å². The molecule has 8 heteroatoms. The Kier molecular flexibility index (Phi) is 5.59. The second kappa shape index (κ2) is 8.47. The van der Waals surface area contributed by atoms with Crippen molar-refractivity contribution in [2.75, 3.05) is 38.2 Å². The van der Waals surface area contributed by atoms with Gasteiger partial charge in [0.1, 0.15) is 17.6 Å². The minimum atomic E-state index is -0.131. The zero-order chi connectivity index (χ0) is 21.1. The number of carbonyl (C=O) groups is 1. The van der Waals surface area contributed by atoms with Gasteiger partial charge in [0.05, 0.1) is 28.9 Å². The smallest absolute Gasteiger partial charge is 0.257 e. The van der Waals surface area contributed by atoms with Crippen LogP contribution in [-0.4, -0.2) is 53.6 Å². The molecule has 0 N–H and O–H groups in total. The van der Waals surface area contributed by atoms with Crippen LogP contribution in [0.15, 0.2) is 55.0 Å². The number of carbonyl (C=O) groups excluding carboxylic acids is 1. The number of ether oxygens (including phenoxy) is 1. The molecular formula is C22H20ClN5O2. The van der Waals surface area contributed by atoms with E-state index in [1.807, 2.05) is 34.0 Å². The summed E-state index contributed by atoms with van der Waals surface area (Å²) in [5.74, 6) is 1.00. The van der Waals surface area contributed by atoms with E-state index >= 15 is 0 Å². The van der Waals surface area contributed by atoms with Crippen molar-refractivity contribution in [3.63, 3.8) is 0 Å². The van der Waals surface area contributed by atoms with E-state index in [0.717, 1.165) is 5.69 Å². The standard InChI is InChI=1S/C22H20ClN5O2/c1-30-20-14-19(26-7-2-3-8-26)18(23)13-17(20)22(29)28-11-9-27(10-12-28)21-16(15-24)5-4-6-25-21/h2-8,13-14H,9-12H2,1H3. The highest BCUT2D eigenvalue weighted by Gasteiger charge is 2.26. The second-order valence-electron chi connectivity index (χ2n) is 6.86. The van der Waals surface area contributed by atoms with Crippen LogP contribution < -0.4 is 9.64 Å². The van der Waals surface area contributed by atoms with Gasteiger partial charge in [-0.3, -0.25) is 4.79 Å². The van der Waals surface area contributed by atoms with Gasteiger partial charge in [-0.25, -0.2) is 4.98 Å². The third-order valence-electron chi connectivity index (χ3n) is 5.16. The van der Waals surface area contributed by atoms with Crippen LogP contribution in [0.1, 0.15) is 15.9 Å². The normalized spacial score (nSPS) is 13.8. The fourth-order valence-electron chi connectivity index (χ4n) is 3.60. The first kappa shape index (κ1) is 19.8. The Morgan fingerprint density at radius 3 is 2.57 bits per heavy atom. The molecule has 1 aromatic carbocycles. The van der Waals surface area contributed by atoms with Crippen molar-refractivity contribution >= 4 is 23.3 Å². The highest BCUT2D eigenvalue weighted by molar-refractivity contribution is 6.33. The van der Waals surface area contributed by atoms with Crippen LogP contribution in [-0.2, 0) is 0 Å². The third-order valence-corrected chi connectivity index (χ3v) is 5.46. The van der Waals surface area contributed by atoms with E-state index in [2.05, 4.69) is 11.1 Å². The van der Waals surface area contributed by atoms with Gasteiger partial charge in [-0.1, -0.05) is 11.6 Å². The lowest BCUT2D eigenvalue weighted by Crippen LogP contribution is -2.49. The molecule has 0 bridgehead atoms. The molecule has 30 heavy (non-hydrogen) atoms. The van der Waals surface area contributed by atoms with E-state index in [-0.39, 0.29) is 5.91 Å². The van der Waals surface area contributed by atoms with E-state index in [4.69, 9.17) is 16.3 Å². The third kappa shape index (κ3) is 3.70. The molecule has 1 aliphatic heterocycles. The van der Waals surface area contributed by atoms with E-state index in [9.17, 15) is 10.1 Å². The number of hydrogen-bond donors (Lipinski definition) is 0. The highest BCUT2D eigenvalue weighted by atomic mass is 35.5. The Hall–Kier alpha value is -3.50. The van der Waals surface area contributed by atoms with Crippen LogP contribution in [0.25, 0.3) is 5.69 Å². The average molecular weight is 422 g/mol. The monoisotopic (exact) mass is 421 g/mol. The molecule has 3 heterocycles. The van der Waals surface area contributed by atoms with Gasteiger partial charge in [-0.05, 0) is 30.3 Å². The molecule has 4 rings (SSSR count). The van der Waals surface area contributed by atoms with Gasteiger partial charge in [0.15, 0.2) is 0 Å².